The van der Waals surface area contributed by atoms with Gasteiger partial charge in [0.2, 0.25) is 0 Å². The van der Waals surface area contributed by atoms with Crippen LogP contribution in [0.1, 0.15) is 37.0 Å². The fraction of sp³-hybridized carbons (Fsp3) is 0.462. The Morgan fingerprint density at radius 2 is 1.83 bits per heavy atom. The molecule has 0 aromatic heterocycles. The van der Waals surface area contributed by atoms with Crippen molar-refractivity contribution >= 4 is 15.6 Å². The maximum absolute atomic E-state index is 12.7. The van der Waals surface area contributed by atoms with E-state index >= 15 is 0 Å². The molecule has 1 aromatic carbocycles. The van der Waals surface area contributed by atoms with Crippen LogP contribution in [0.2, 0.25) is 0 Å². The van der Waals surface area contributed by atoms with Gasteiger partial charge in [0.25, 0.3) is 0 Å². The van der Waals surface area contributed by atoms with E-state index < -0.39 is 20.9 Å². The van der Waals surface area contributed by atoms with E-state index in [2.05, 4.69) is 0 Å². The first-order chi connectivity index (χ1) is 8.36. The van der Waals surface area contributed by atoms with Crippen LogP contribution in [0.4, 0.5) is 4.39 Å². The lowest BCUT2D eigenvalue weighted by Gasteiger charge is -2.09. The SMILES string of the molecule is CCC(C)S(=O)(=O)CCC(=O)c1ccc(F)cc1. The van der Waals surface area contributed by atoms with Gasteiger partial charge in [-0.3, -0.25) is 4.79 Å². The van der Waals surface area contributed by atoms with Gasteiger partial charge < -0.3 is 0 Å². The number of rotatable bonds is 6. The summed E-state index contributed by atoms with van der Waals surface area (Å²) in [6, 6.07) is 5.12. The Labute approximate surface area is 107 Å². The van der Waals surface area contributed by atoms with E-state index in [0.29, 0.717) is 12.0 Å². The van der Waals surface area contributed by atoms with Crippen LogP contribution >= 0.6 is 0 Å². The third-order valence-corrected chi connectivity index (χ3v) is 5.30. The Morgan fingerprint density at radius 1 is 1.28 bits per heavy atom. The fourth-order valence-corrected chi connectivity index (χ4v) is 2.85. The number of benzene rings is 1. The second kappa shape index (κ2) is 6.09. The van der Waals surface area contributed by atoms with Gasteiger partial charge in [-0.2, -0.15) is 0 Å². The zero-order valence-electron chi connectivity index (χ0n) is 10.5. The van der Waals surface area contributed by atoms with Gasteiger partial charge in [0, 0.05) is 12.0 Å². The molecule has 0 aliphatic carbocycles. The van der Waals surface area contributed by atoms with Crippen LogP contribution in [0.25, 0.3) is 0 Å². The zero-order valence-corrected chi connectivity index (χ0v) is 11.3. The minimum absolute atomic E-state index is 0.0572. The van der Waals surface area contributed by atoms with Crippen molar-refractivity contribution in [3.63, 3.8) is 0 Å². The minimum atomic E-state index is -3.22. The molecule has 0 aliphatic rings. The van der Waals surface area contributed by atoms with Gasteiger partial charge in [-0.1, -0.05) is 6.92 Å². The number of hydrogen-bond donors (Lipinski definition) is 0. The molecule has 0 spiro atoms. The third kappa shape index (κ3) is 3.91. The topological polar surface area (TPSA) is 51.2 Å². The summed E-state index contributed by atoms with van der Waals surface area (Å²) in [5, 5.41) is -0.432. The average molecular weight is 272 g/mol. The normalized spacial score (nSPS) is 13.3. The van der Waals surface area contributed by atoms with Crippen LogP contribution in [0.5, 0.6) is 0 Å². The van der Waals surface area contributed by atoms with Crippen LogP contribution in [0.3, 0.4) is 0 Å². The van der Waals surface area contributed by atoms with Crippen LogP contribution in [-0.4, -0.2) is 25.2 Å². The molecule has 0 bridgehead atoms. The van der Waals surface area contributed by atoms with Crippen molar-refractivity contribution in [2.75, 3.05) is 5.75 Å². The molecule has 0 saturated heterocycles. The molecule has 0 fully saturated rings. The van der Waals surface area contributed by atoms with Crippen molar-refractivity contribution in [2.24, 2.45) is 0 Å². The zero-order chi connectivity index (χ0) is 13.8. The fourth-order valence-electron chi connectivity index (χ4n) is 1.47. The van der Waals surface area contributed by atoms with Gasteiger partial charge >= 0.3 is 0 Å². The van der Waals surface area contributed by atoms with Crippen molar-refractivity contribution in [3.8, 4) is 0 Å². The molecule has 100 valence electrons. The highest BCUT2D eigenvalue weighted by molar-refractivity contribution is 7.92. The number of ketones is 1. The van der Waals surface area contributed by atoms with Crippen molar-refractivity contribution in [3.05, 3.63) is 35.6 Å². The van der Waals surface area contributed by atoms with Crippen LogP contribution < -0.4 is 0 Å². The maximum Gasteiger partial charge on any atom is 0.163 e. The molecular weight excluding hydrogens is 255 g/mol. The van der Waals surface area contributed by atoms with Crippen molar-refractivity contribution in [1.82, 2.24) is 0 Å². The number of hydrogen-bond acceptors (Lipinski definition) is 3. The van der Waals surface area contributed by atoms with Crippen molar-refractivity contribution in [1.29, 1.82) is 0 Å². The molecule has 1 rings (SSSR count). The molecular formula is C13H17FO3S. The highest BCUT2D eigenvalue weighted by Gasteiger charge is 2.20. The molecule has 0 saturated carbocycles. The van der Waals surface area contributed by atoms with Crippen molar-refractivity contribution in [2.45, 2.75) is 31.9 Å². The van der Waals surface area contributed by atoms with E-state index in [9.17, 15) is 17.6 Å². The average Bonchev–Trinajstić information content (AvgIpc) is 2.35. The van der Waals surface area contributed by atoms with Crippen LogP contribution in [0.15, 0.2) is 24.3 Å². The highest BCUT2D eigenvalue weighted by Crippen LogP contribution is 2.11. The van der Waals surface area contributed by atoms with E-state index in [4.69, 9.17) is 0 Å². The molecule has 18 heavy (non-hydrogen) atoms. The standard InChI is InChI=1S/C13H17FO3S/c1-3-10(2)18(16,17)9-8-13(15)11-4-6-12(14)7-5-11/h4-7,10H,3,8-9H2,1-2H3. The largest absolute Gasteiger partial charge is 0.294 e. The molecule has 1 unspecified atom stereocenters. The maximum atomic E-state index is 12.7. The Morgan fingerprint density at radius 3 is 2.33 bits per heavy atom. The summed E-state index contributed by atoms with van der Waals surface area (Å²) < 4.78 is 36.1. The lowest BCUT2D eigenvalue weighted by atomic mass is 10.1. The quantitative estimate of drug-likeness (QED) is 0.748. The van der Waals surface area contributed by atoms with Crippen molar-refractivity contribution < 1.29 is 17.6 Å². The molecule has 1 aromatic rings. The molecule has 3 nitrogen and oxygen atoms in total. The predicted octanol–water partition coefficient (Wildman–Crippen LogP) is 2.61. The second-order valence-electron chi connectivity index (χ2n) is 4.27. The summed E-state index contributed by atoms with van der Waals surface area (Å²) in [5.41, 5.74) is 0.343. The van der Waals surface area contributed by atoms with E-state index in [1.165, 1.54) is 24.3 Å². The van der Waals surface area contributed by atoms with Gasteiger partial charge in [-0.05, 0) is 37.6 Å². The van der Waals surface area contributed by atoms with Gasteiger partial charge in [0.1, 0.15) is 5.82 Å². The van der Waals surface area contributed by atoms with Gasteiger partial charge in [0.15, 0.2) is 15.6 Å². The smallest absolute Gasteiger partial charge is 0.163 e. The molecule has 0 radical (unpaired) electrons. The van der Waals surface area contributed by atoms with E-state index in [0.717, 1.165) is 0 Å². The van der Waals surface area contributed by atoms with Gasteiger partial charge in [-0.15, -0.1) is 0 Å². The summed E-state index contributed by atoms with van der Waals surface area (Å²) in [6.07, 6.45) is 0.478. The molecule has 0 amide bonds. The number of sulfone groups is 1. The number of Topliss-reactive ketones (excluding diaryl/α,β-unsaturated/α-hetero) is 1. The molecule has 1 atom stereocenters. The molecule has 0 N–H and O–H groups in total. The van der Waals surface area contributed by atoms with Crippen LogP contribution in [0, 0.1) is 5.82 Å². The Balaban J connectivity index is 2.64. The number of carbonyl (C=O) groups is 1. The number of halogens is 1. The Kier molecular flexibility index (Phi) is 5.02. The first kappa shape index (κ1) is 14.8. The van der Waals surface area contributed by atoms with Gasteiger partial charge in [0.05, 0.1) is 11.0 Å². The first-order valence-electron chi connectivity index (χ1n) is 5.87. The summed E-state index contributed by atoms with van der Waals surface area (Å²) in [7, 11) is -3.22. The molecule has 5 heteroatoms. The van der Waals surface area contributed by atoms with Crippen LogP contribution in [-0.2, 0) is 9.84 Å². The lowest BCUT2D eigenvalue weighted by Crippen LogP contribution is -2.22. The second-order valence-corrected chi connectivity index (χ2v) is 6.80. The summed E-state index contributed by atoms with van der Waals surface area (Å²) in [6.45, 7) is 3.43. The number of carbonyl (C=O) groups excluding carboxylic acids is 1. The summed E-state index contributed by atoms with van der Waals surface area (Å²) in [4.78, 5) is 11.7. The van der Waals surface area contributed by atoms with Gasteiger partial charge in [-0.25, -0.2) is 12.8 Å². The van der Waals surface area contributed by atoms with E-state index in [1.54, 1.807) is 13.8 Å². The predicted molar refractivity (Wildman–Crippen MR) is 68.9 cm³/mol. The van der Waals surface area contributed by atoms with E-state index in [-0.39, 0.29) is 18.0 Å². The molecule has 0 heterocycles. The Hall–Kier alpha value is -1.23. The lowest BCUT2D eigenvalue weighted by molar-refractivity contribution is 0.0988. The monoisotopic (exact) mass is 272 g/mol. The minimum Gasteiger partial charge on any atom is -0.294 e. The Bertz CT molecular complexity index is 506. The summed E-state index contributed by atoms with van der Waals surface area (Å²) >= 11 is 0. The first-order valence-corrected chi connectivity index (χ1v) is 7.58. The highest BCUT2D eigenvalue weighted by atomic mass is 32.2. The van der Waals surface area contributed by atoms with E-state index in [1.807, 2.05) is 0 Å². The summed E-state index contributed by atoms with van der Waals surface area (Å²) in [5.74, 6) is -0.848. The third-order valence-electron chi connectivity index (χ3n) is 2.97. The molecule has 0 aliphatic heterocycles.